The molecular formula is C34H24N4. The van der Waals surface area contributed by atoms with E-state index in [1.807, 2.05) is 42.7 Å². The van der Waals surface area contributed by atoms with E-state index in [1.165, 1.54) is 27.5 Å². The van der Waals surface area contributed by atoms with Crippen molar-refractivity contribution in [3.63, 3.8) is 0 Å². The number of rotatable bonds is 4. The number of nitrogens with zero attached hydrogens (tertiary/aromatic N) is 4. The SMILES string of the molecule is Cc1ccc2c(c1)c1cc(-c3ccccc3)ccc1n2-c1cc(-c2cccnc2)nc(-c2ccccn2)c1. The largest absolute Gasteiger partial charge is 0.309 e. The Labute approximate surface area is 220 Å². The number of hydrogen-bond acceptors (Lipinski definition) is 3. The van der Waals surface area contributed by atoms with E-state index in [-0.39, 0.29) is 0 Å². The number of hydrogen-bond donors (Lipinski definition) is 0. The van der Waals surface area contributed by atoms with Crippen molar-refractivity contribution in [1.29, 1.82) is 0 Å². The van der Waals surface area contributed by atoms with Gasteiger partial charge in [0.1, 0.15) is 0 Å². The minimum atomic E-state index is 0.824. The van der Waals surface area contributed by atoms with E-state index < -0.39 is 0 Å². The molecule has 0 amide bonds. The molecule has 0 bridgehead atoms. The van der Waals surface area contributed by atoms with E-state index in [0.29, 0.717) is 0 Å². The van der Waals surface area contributed by atoms with Gasteiger partial charge in [-0.1, -0.05) is 54.1 Å². The van der Waals surface area contributed by atoms with Gasteiger partial charge in [0, 0.05) is 34.9 Å². The summed E-state index contributed by atoms with van der Waals surface area (Å²) in [6.07, 6.45) is 5.45. The minimum Gasteiger partial charge on any atom is -0.309 e. The van der Waals surface area contributed by atoms with Crippen LogP contribution in [0.25, 0.3) is 61.3 Å². The Hall–Kier alpha value is -5.09. The second-order valence-electron chi connectivity index (χ2n) is 9.51. The average Bonchev–Trinajstić information content (AvgIpc) is 3.31. The van der Waals surface area contributed by atoms with E-state index >= 15 is 0 Å². The van der Waals surface area contributed by atoms with Crippen LogP contribution in [0.1, 0.15) is 5.56 Å². The van der Waals surface area contributed by atoms with Crippen molar-refractivity contribution in [1.82, 2.24) is 19.5 Å². The summed E-state index contributed by atoms with van der Waals surface area (Å²) in [7, 11) is 0. The van der Waals surface area contributed by atoms with Crippen LogP contribution in [0.4, 0.5) is 0 Å². The number of aryl methyl sites for hydroxylation is 1. The van der Waals surface area contributed by atoms with Gasteiger partial charge in [0.15, 0.2) is 0 Å². The maximum Gasteiger partial charge on any atom is 0.0914 e. The fourth-order valence-corrected chi connectivity index (χ4v) is 5.18. The summed E-state index contributed by atoms with van der Waals surface area (Å²) in [5, 5.41) is 2.46. The fraction of sp³-hybridized carbons (Fsp3) is 0.0294. The fourth-order valence-electron chi connectivity index (χ4n) is 5.18. The molecule has 38 heavy (non-hydrogen) atoms. The van der Waals surface area contributed by atoms with Crippen LogP contribution in [0.2, 0.25) is 0 Å². The summed E-state index contributed by atoms with van der Waals surface area (Å²) < 4.78 is 2.34. The van der Waals surface area contributed by atoms with Crippen LogP contribution in [0.15, 0.2) is 128 Å². The molecule has 3 aromatic carbocycles. The molecule has 0 aliphatic carbocycles. The van der Waals surface area contributed by atoms with Crippen LogP contribution < -0.4 is 0 Å². The maximum atomic E-state index is 5.00. The van der Waals surface area contributed by atoms with Gasteiger partial charge in [0.2, 0.25) is 0 Å². The Bertz CT molecular complexity index is 1850. The van der Waals surface area contributed by atoms with Crippen LogP contribution in [-0.2, 0) is 0 Å². The lowest BCUT2D eigenvalue weighted by Gasteiger charge is -2.13. The van der Waals surface area contributed by atoms with E-state index in [1.54, 1.807) is 6.20 Å². The molecule has 7 aromatic rings. The Morgan fingerprint density at radius 3 is 2.11 bits per heavy atom. The van der Waals surface area contributed by atoms with Crippen molar-refractivity contribution in [2.75, 3.05) is 0 Å². The highest BCUT2D eigenvalue weighted by Crippen LogP contribution is 2.37. The standard InChI is InChI=1S/C34H24N4/c1-23-12-14-33-28(18-23)29-19-25(24-8-3-2-4-9-24)13-15-34(29)38(33)27-20-31(26-10-7-16-35-22-26)37-32(21-27)30-11-5-6-17-36-30/h2-22H,1H3. The first-order valence-electron chi connectivity index (χ1n) is 12.7. The highest BCUT2D eigenvalue weighted by molar-refractivity contribution is 6.10. The molecule has 4 aromatic heterocycles. The Kier molecular flexibility index (Phi) is 5.30. The molecule has 0 fully saturated rings. The summed E-state index contributed by atoms with van der Waals surface area (Å²) in [6.45, 7) is 2.15. The predicted molar refractivity (Wildman–Crippen MR) is 155 cm³/mol. The first kappa shape index (κ1) is 22.1. The number of benzene rings is 3. The lowest BCUT2D eigenvalue weighted by Crippen LogP contribution is -1.99. The van der Waals surface area contributed by atoms with Gasteiger partial charge < -0.3 is 4.57 Å². The van der Waals surface area contributed by atoms with Gasteiger partial charge in [-0.2, -0.15) is 0 Å². The average molecular weight is 489 g/mol. The third kappa shape index (κ3) is 3.84. The van der Waals surface area contributed by atoms with Crippen molar-refractivity contribution >= 4 is 21.8 Å². The number of fused-ring (bicyclic) bond motifs is 3. The van der Waals surface area contributed by atoms with E-state index in [2.05, 4.69) is 100 Å². The molecule has 0 radical (unpaired) electrons. The van der Waals surface area contributed by atoms with Gasteiger partial charge in [0.05, 0.1) is 33.8 Å². The molecule has 0 saturated heterocycles. The summed E-state index contributed by atoms with van der Waals surface area (Å²) in [5.41, 5.74) is 10.5. The number of aromatic nitrogens is 4. The van der Waals surface area contributed by atoms with Crippen LogP contribution in [0, 0.1) is 6.92 Å². The summed E-state index contributed by atoms with van der Waals surface area (Å²) in [6, 6.07) is 38.2. The van der Waals surface area contributed by atoms with Gasteiger partial charge in [0.25, 0.3) is 0 Å². The first-order valence-corrected chi connectivity index (χ1v) is 12.7. The van der Waals surface area contributed by atoms with E-state index in [0.717, 1.165) is 39.4 Å². The van der Waals surface area contributed by atoms with Crippen LogP contribution in [0.5, 0.6) is 0 Å². The molecular weight excluding hydrogens is 464 g/mol. The summed E-state index contributed by atoms with van der Waals surface area (Å²) >= 11 is 0. The zero-order valence-corrected chi connectivity index (χ0v) is 20.9. The van der Waals surface area contributed by atoms with Gasteiger partial charge in [-0.25, -0.2) is 4.98 Å². The predicted octanol–water partition coefficient (Wildman–Crippen LogP) is 8.28. The summed E-state index contributed by atoms with van der Waals surface area (Å²) in [4.78, 5) is 13.9. The molecule has 180 valence electrons. The highest BCUT2D eigenvalue weighted by Gasteiger charge is 2.16. The topological polar surface area (TPSA) is 43.6 Å². The van der Waals surface area contributed by atoms with Crippen molar-refractivity contribution in [2.45, 2.75) is 6.92 Å². The van der Waals surface area contributed by atoms with E-state index in [9.17, 15) is 0 Å². The van der Waals surface area contributed by atoms with Crippen LogP contribution >= 0.6 is 0 Å². The van der Waals surface area contributed by atoms with Crippen LogP contribution in [-0.4, -0.2) is 19.5 Å². The third-order valence-electron chi connectivity index (χ3n) is 6.98. The Balaban J connectivity index is 1.53. The normalized spacial score (nSPS) is 11.3. The quantitative estimate of drug-likeness (QED) is 0.250. The molecule has 0 saturated carbocycles. The van der Waals surface area contributed by atoms with Crippen molar-refractivity contribution in [3.05, 3.63) is 133 Å². The van der Waals surface area contributed by atoms with Crippen molar-refractivity contribution in [3.8, 4) is 39.5 Å². The molecule has 4 heteroatoms. The Morgan fingerprint density at radius 1 is 0.553 bits per heavy atom. The molecule has 0 N–H and O–H groups in total. The van der Waals surface area contributed by atoms with E-state index in [4.69, 9.17) is 4.98 Å². The molecule has 0 spiro atoms. The second kappa shape index (κ2) is 9.09. The molecule has 4 heterocycles. The maximum absolute atomic E-state index is 5.00. The Morgan fingerprint density at radius 2 is 1.32 bits per heavy atom. The lowest BCUT2D eigenvalue weighted by atomic mass is 10.0. The molecule has 4 nitrogen and oxygen atoms in total. The molecule has 0 aliphatic heterocycles. The van der Waals surface area contributed by atoms with Gasteiger partial charge in [-0.15, -0.1) is 0 Å². The smallest absolute Gasteiger partial charge is 0.0914 e. The van der Waals surface area contributed by atoms with Gasteiger partial charge >= 0.3 is 0 Å². The highest BCUT2D eigenvalue weighted by atomic mass is 15.0. The van der Waals surface area contributed by atoms with Crippen molar-refractivity contribution in [2.24, 2.45) is 0 Å². The van der Waals surface area contributed by atoms with Crippen molar-refractivity contribution < 1.29 is 0 Å². The third-order valence-corrected chi connectivity index (χ3v) is 6.98. The lowest BCUT2D eigenvalue weighted by molar-refractivity contribution is 1.15. The molecule has 0 aliphatic rings. The van der Waals surface area contributed by atoms with Crippen LogP contribution in [0.3, 0.4) is 0 Å². The zero-order valence-electron chi connectivity index (χ0n) is 20.9. The molecule has 0 atom stereocenters. The summed E-state index contributed by atoms with van der Waals surface area (Å²) in [5.74, 6) is 0. The van der Waals surface area contributed by atoms with Gasteiger partial charge in [-0.05, 0) is 78.7 Å². The zero-order chi connectivity index (χ0) is 25.5. The minimum absolute atomic E-state index is 0.824. The number of pyridine rings is 3. The molecule has 7 rings (SSSR count). The monoisotopic (exact) mass is 488 g/mol. The molecule has 0 unspecified atom stereocenters. The van der Waals surface area contributed by atoms with Gasteiger partial charge in [-0.3, -0.25) is 9.97 Å². The first-order chi connectivity index (χ1) is 18.7. The second-order valence-corrected chi connectivity index (χ2v) is 9.51.